The maximum absolute atomic E-state index is 10.2. The lowest BCUT2D eigenvalue weighted by atomic mass is 9.54. The van der Waals surface area contributed by atoms with Crippen LogP contribution in [0.15, 0.2) is 23.8 Å². The van der Waals surface area contributed by atoms with Gasteiger partial charge in [-0.3, -0.25) is 0 Å². The number of hydrogen-bond donors (Lipinski definition) is 1. The number of aryl methyl sites for hydroxylation is 2. The Balaban J connectivity index is 1.72. The number of nitrogens with zero attached hydrogens (tertiary/aromatic N) is 1. The van der Waals surface area contributed by atoms with E-state index in [1.54, 1.807) is 0 Å². The molecule has 1 N–H and O–H groups in total. The van der Waals surface area contributed by atoms with Crippen LogP contribution in [-0.4, -0.2) is 5.11 Å². The SMILES string of the molecule is CCc1cc2c(cc1O)CC[C@@H]1[C@@H]2CC[C@]2(C)C(C#N)=CC[C@@H]12. The van der Waals surface area contributed by atoms with E-state index in [0.29, 0.717) is 23.5 Å². The van der Waals surface area contributed by atoms with Gasteiger partial charge in [-0.15, -0.1) is 0 Å². The highest BCUT2D eigenvalue weighted by Crippen LogP contribution is 2.61. The van der Waals surface area contributed by atoms with Gasteiger partial charge in [0.2, 0.25) is 0 Å². The van der Waals surface area contributed by atoms with Gasteiger partial charge in [-0.2, -0.15) is 5.26 Å². The molecule has 3 aliphatic rings. The standard InChI is InChI=1S/C21H25NO/c1-3-13-10-18-14(11-20(13)23)4-6-17-16(18)8-9-21(2)15(12-22)5-7-19(17)21/h5,10-11,16-17,19,23H,3-4,6-9H2,1-2H3/t16-,17+,19-,21+/m0/s1. The second-order valence-electron chi connectivity index (χ2n) is 7.87. The summed E-state index contributed by atoms with van der Waals surface area (Å²) in [6.07, 6.45) is 8.75. The van der Waals surface area contributed by atoms with Crippen molar-refractivity contribution in [2.24, 2.45) is 17.3 Å². The van der Waals surface area contributed by atoms with Crippen molar-refractivity contribution in [3.8, 4) is 11.8 Å². The van der Waals surface area contributed by atoms with Crippen molar-refractivity contribution in [1.82, 2.24) is 0 Å². The van der Waals surface area contributed by atoms with Gasteiger partial charge in [-0.05, 0) is 79.0 Å². The minimum Gasteiger partial charge on any atom is -0.508 e. The van der Waals surface area contributed by atoms with Gasteiger partial charge in [0, 0.05) is 11.0 Å². The van der Waals surface area contributed by atoms with E-state index in [0.717, 1.165) is 36.8 Å². The highest BCUT2D eigenvalue weighted by molar-refractivity contribution is 5.46. The summed E-state index contributed by atoms with van der Waals surface area (Å²) in [4.78, 5) is 0. The fourth-order valence-corrected chi connectivity index (χ4v) is 5.68. The van der Waals surface area contributed by atoms with Crippen molar-refractivity contribution in [2.75, 3.05) is 0 Å². The zero-order valence-corrected chi connectivity index (χ0v) is 14.1. The number of allylic oxidation sites excluding steroid dienone is 2. The predicted octanol–water partition coefficient (Wildman–Crippen LogP) is 4.87. The molecule has 0 bridgehead atoms. The molecule has 23 heavy (non-hydrogen) atoms. The number of hydrogen-bond acceptors (Lipinski definition) is 2. The first kappa shape index (κ1) is 14.8. The van der Waals surface area contributed by atoms with E-state index < -0.39 is 0 Å². The molecule has 0 amide bonds. The summed E-state index contributed by atoms with van der Waals surface area (Å²) in [5.74, 6) is 2.41. The molecule has 0 saturated heterocycles. The molecule has 0 aliphatic heterocycles. The van der Waals surface area contributed by atoms with Crippen molar-refractivity contribution in [3.63, 3.8) is 0 Å². The van der Waals surface area contributed by atoms with Gasteiger partial charge >= 0.3 is 0 Å². The van der Waals surface area contributed by atoms with Crippen molar-refractivity contribution in [2.45, 2.75) is 58.3 Å². The van der Waals surface area contributed by atoms with Crippen LogP contribution in [0.25, 0.3) is 0 Å². The Hall–Kier alpha value is -1.75. The zero-order valence-electron chi connectivity index (χ0n) is 14.1. The summed E-state index contributed by atoms with van der Waals surface area (Å²) in [5, 5.41) is 19.7. The molecule has 4 atom stereocenters. The maximum atomic E-state index is 10.2. The molecule has 1 fully saturated rings. The first-order chi connectivity index (χ1) is 11.1. The zero-order chi connectivity index (χ0) is 16.2. The number of phenolic OH excluding ortho intramolecular Hbond substituents is 1. The van der Waals surface area contributed by atoms with Gasteiger partial charge < -0.3 is 5.11 Å². The summed E-state index contributed by atoms with van der Waals surface area (Å²) in [6.45, 7) is 4.43. The average Bonchev–Trinajstić information content (AvgIpc) is 2.90. The Morgan fingerprint density at radius 2 is 2.17 bits per heavy atom. The summed E-state index contributed by atoms with van der Waals surface area (Å²) in [7, 11) is 0. The molecule has 2 nitrogen and oxygen atoms in total. The molecular weight excluding hydrogens is 282 g/mol. The van der Waals surface area contributed by atoms with E-state index in [9.17, 15) is 10.4 Å². The summed E-state index contributed by atoms with van der Waals surface area (Å²) < 4.78 is 0. The molecule has 0 spiro atoms. The Bertz CT molecular complexity index is 726. The van der Waals surface area contributed by atoms with Crippen LogP contribution in [0.4, 0.5) is 0 Å². The Morgan fingerprint density at radius 3 is 2.91 bits per heavy atom. The van der Waals surface area contributed by atoms with E-state index >= 15 is 0 Å². The second kappa shape index (κ2) is 5.13. The number of aromatic hydroxyl groups is 1. The minimum absolute atomic E-state index is 0.109. The van der Waals surface area contributed by atoms with Gasteiger partial charge in [0.1, 0.15) is 5.75 Å². The van der Waals surface area contributed by atoms with Crippen LogP contribution in [0.3, 0.4) is 0 Å². The van der Waals surface area contributed by atoms with Crippen molar-refractivity contribution >= 4 is 0 Å². The predicted molar refractivity (Wildman–Crippen MR) is 91.2 cm³/mol. The van der Waals surface area contributed by atoms with E-state index in [4.69, 9.17) is 0 Å². The summed E-state index contributed by atoms with van der Waals surface area (Å²) in [6, 6.07) is 6.77. The first-order valence-electron chi connectivity index (χ1n) is 9.04. The number of fused-ring (bicyclic) bond motifs is 5. The van der Waals surface area contributed by atoms with Gasteiger partial charge in [-0.25, -0.2) is 0 Å². The minimum atomic E-state index is 0.109. The third kappa shape index (κ3) is 1.99. The second-order valence-corrected chi connectivity index (χ2v) is 7.87. The Morgan fingerprint density at radius 1 is 1.35 bits per heavy atom. The van der Waals surface area contributed by atoms with Crippen LogP contribution < -0.4 is 0 Å². The molecule has 4 rings (SSSR count). The van der Waals surface area contributed by atoms with E-state index in [-0.39, 0.29) is 5.41 Å². The van der Waals surface area contributed by atoms with E-state index in [1.807, 2.05) is 6.07 Å². The average molecular weight is 307 g/mol. The molecule has 1 aromatic carbocycles. The highest BCUT2D eigenvalue weighted by atomic mass is 16.3. The largest absolute Gasteiger partial charge is 0.508 e. The summed E-state index contributed by atoms with van der Waals surface area (Å²) >= 11 is 0. The lowest BCUT2D eigenvalue weighted by Crippen LogP contribution is -2.41. The number of rotatable bonds is 1. The van der Waals surface area contributed by atoms with Crippen LogP contribution in [0.5, 0.6) is 5.75 Å². The monoisotopic (exact) mass is 307 g/mol. The molecule has 3 aliphatic carbocycles. The van der Waals surface area contributed by atoms with Crippen LogP contribution in [0, 0.1) is 28.6 Å². The van der Waals surface area contributed by atoms with Crippen molar-refractivity contribution < 1.29 is 5.11 Å². The van der Waals surface area contributed by atoms with Crippen LogP contribution in [-0.2, 0) is 12.8 Å². The van der Waals surface area contributed by atoms with Gasteiger partial charge in [0.05, 0.1) is 6.07 Å². The fraction of sp³-hybridized carbons (Fsp3) is 0.571. The Labute approximate surface area is 138 Å². The molecule has 1 saturated carbocycles. The lowest BCUT2D eigenvalue weighted by molar-refractivity contribution is 0.0779. The number of phenols is 1. The maximum Gasteiger partial charge on any atom is 0.119 e. The number of benzene rings is 1. The van der Waals surface area contributed by atoms with Crippen LogP contribution in [0.1, 0.15) is 62.1 Å². The Kier molecular flexibility index (Phi) is 3.30. The quantitative estimate of drug-likeness (QED) is 0.804. The van der Waals surface area contributed by atoms with Gasteiger partial charge in [-0.1, -0.05) is 26.0 Å². The smallest absolute Gasteiger partial charge is 0.119 e. The first-order valence-corrected chi connectivity index (χ1v) is 9.04. The van der Waals surface area contributed by atoms with E-state index in [2.05, 4.69) is 32.1 Å². The molecule has 120 valence electrons. The molecule has 0 heterocycles. The van der Waals surface area contributed by atoms with Gasteiger partial charge in [0.25, 0.3) is 0 Å². The third-order valence-corrected chi connectivity index (χ3v) is 7.01. The molecule has 0 radical (unpaired) electrons. The topological polar surface area (TPSA) is 44.0 Å². The molecule has 0 unspecified atom stereocenters. The normalized spacial score (nSPS) is 34.8. The highest BCUT2D eigenvalue weighted by Gasteiger charge is 2.51. The molecular formula is C21H25NO. The van der Waals surface area contributed by atoms with Crippen molar-refractivity contribution in [3.05, 3.63) is 40.5 Å². The number of nitriles is 1. The van der Waals surface area contributed by atoms with Gasteiger partial charge in [0.15, 0.2) is 0 Å². The van der Waals surface area contributed by atoms with Crippen LogP contribution >= 0.6 is 0 Å². The molecule has 1 aromatic rings. The third-order valence-electron chi connectivity index (χ3n) is 7.01. The fourth-order valence-electron chi connectivity index (χ4n) is 5.68. The molecule has 2 heteroatoms. The molecule has 0 aromatic heterocycles. The van der Waals surface area contributed by atoms with E-state index in [1.165, 1.54) is 24.0 Å². The lowest BCUT2D eigenvalue weighted by Gasteiger charge is -2.49. The van der Waals surface area contributed by atoms with Crippen molar-refractivity contribution in [1.29, 1.82) is 5.26 Å². The summed E-state index contributed by atoms with van der Waals surface area (Å²) in [5.41, 5.74) is 5.07. The van der Waals surface area contributed by atoms with Crippen LogP contribution in [0.2, 0.25) is 0 Å².